The molecule has 1 atom stereocenters. The fourth-order valence-corrected chi connectivity index (χ4v) is 3.99. The molecule has 0 aliphatic heterocycles. The number of carbonyl (C=O) groups excluding carboxylic acids is 1. The summed E-state index contributed by atoms with van der Waals surface area (Å²) in [5.74, 6) is -4.49. The predicted molar refractivity (Wildman–Crippen MR) is 133 cm³/mol. The molecule has 4 aromatic rings. The van der Waals surface area contributed by atoms with Crippen molar-refractivity contribution in [2.45, 2.75) is 26.2 Å². The second-order valence-corrected chi connectivity index (χ2v) is 8.45. The molecule has 0 fully saturated rings. The van der Waals surface area contributed by atoms with Crippen molar-refractivity contribution in [2.24, 2.45) is 0 Å². The second kappa shape index (κ2) is 11.1. The molecule has 36 heavy (non-hydrogen) atoms. The summed E-state index contributed by atoms with van der Waals surface area (Å²) in [6.07, 6.45) is 0.871. The van der Waals surface area contributed by atoms with Crippen LogP contribution in [0.25, 0.3) is 11.1 Å². The van der Waals surface area contributed by atoms with Crippen molar-refractivity contribution in [1.82, 2.24) is 0 Å². The molecule has 0 bridgehead atoms. The number of hydrogen-bond acceptors (Lipinski definition) is 3. The number of halogens is 3. The van der Waals surface area contributed by atoms with Gasteiger partial charge in [0.25, 0.3) is 0 Å². The summed E-state index contributed by atoms with van der Waals surface area (Å²) in [7, 11) is 0. The fraction of sp³-hybridized carbons (Fsp3) is 0.167. The van der Waals surface area contributed by atoms with Gasteiger partial charge in [0.15, 0.2) is 17.4 Å². The van der Waals surface area contributed by atoms with Gasteiger partial charge in [-0.1, -0.05) is 67.6 Å². The number of rotatable bonds is 8. The van der Waals surface area contributed by atoms with E-state index < -0.39 is 29.2 Å². The maximum Gasteiger partial charge on any atom is 0.346 e. The fourth-order valence-electron chi connectivity index (χ4n) is 3.99. The van der Waals surface area contributed by atoms with Crippen LogP contribution in [-0.2, 0) is 6.42 Å². The lowest BCUT2D eigenvalue weighted by molar-refractivity contribution is 0.0728. The van der Waals surface area contributed by atoms with Gasteiger partial charge in [-0.05, 0) is 53.6 Å². The first-order chi connectivity index (χ1) is 17.4. The van der Waals surface area contributed by atoms with Crippen molar-refractivity contribution >= 4 is 5.97 Å². The van der Waals surface area contributed by atoms with Crippen LogP contribution in [0.15, 0.2) is 84.9 Å². The Bertz CT molecular complexity index is 1330. The maximum absolute atomic E-state index is 14.8. The lowest BCUT2D eigenvalue weighted by Gasteiger charge is -2.13. The summed E-state index contributed by atoms with van der Waals surface area (Å²) in [6, 6.07) is 23.8. The van der Waals surface area contributed by atoms with Crippen LogP contribution in [0.2, 0.25) is 0 Å². The summed E-state index contributed by atoms with van der Waals surface area (Å²) in [4.78, 5) is 12.4. The second-order valence-electron chi connectivity index (χ2n) is 8.45. The van der Waals surface area contributed by atoms with Crippen molar-refractivity contribution in [3.8, 4) is 22.6 Å². The zero-order valence-corrected chi connectivity index (χ0v) is 19.9. The molecule has 4 aromatic carbocycles. The summed E-state index contributed by atoms with van der Waals surface area (Å²) in [5, 5.41) is 0. The molecule has 0 aliphatic carbocycles. The Labute approximate surface area is 208 Å². The van der Waals surface area contributed by atoms with Crippen molar-refractivity contribution < 1.29 is 27.4 Å². The van der Waals surface area contributed by atoms with E-state index in [4.69, 9.17) is 9.47 Å². The minimum Gasteiger partial charge on any atom is -0.488 e. The molecule has 4 rings (SSSR count). The topological polar surface area (TPSA) is 35.5 Å². The van der Waals surface area contributed by atoms with E-state index >= 15 is 0 Å². The summed E-state index contributed by atoms with van der Waals surface area (Å²) >= 11 is 0. The average Bonchev–Trinajstić information content (AvgIpc) is 2.87. The highest BCUT2D eigenvalue weighted by molar-refractivity contribution is 5.92. The third-order valence-electron chi connectivity index (χ3n) is 5.86. The Kier molecular flexibility index (Phi) is 7.74. The van der Waals surface area contributed by atoms with E-state index in [1.165, 1.54) is 17.7 Å². The van der Waals surface area contributed by atoms with Gasteiger partial charge in [-0.2, -0.15) is 0 Å². The molecule has 0 saturated carbocycles. The molecule has 0 aromatic heterocycles. The van der Waals surface area contributed by atoms with Crippen LogP contribution < -0.4 is 9.47 Å². The first-order valence-electron chi connectivity index (χ1n) is 11.6. The van der Waals surface area contributed by atoms with Crippen LogP contribution in [0.3, 0.4) is 0 Å². The Hall–Kier alpha value is -4.06. The van der Waals surface area contributed by atoms with Gasteiger partial charge >= 0.3 is 5.97 Å². The van der Waals surface area contributed by atoms with Gasteiger partial charge in [0.05, 0.1) is 12.2 Å². The molecule has 0 aliphatic rings. The third kappa shape index (κ3) is 5.77. The number of ether oxygens (including phenoxy) is 2. The van der Waals surface area contributed by atoms with Crippen LogP contribution in [0.5, 0.6) is 11.5 Å². The molecular weight excluding hydrogens is 465 g/mol. The van der Waals surface area contributed by atoms with Gasteiger partial charge in [-0.15, -0.1) is 0 Å². The minimum atomic E-state index is -1.06. The first kappa shape index (κ1) is 25.0. The zero-order chi connectivity index (χ0) is 25.7. The average molecular weight is 491 g/mol. The van der Waals surface area contributed by atoms with E-state index in [0.717, 1.165) is 29.7 Å². The molecule has 1 unspecified atom stereocenters. The van der Waals surface area contributed by atoms with Gasteiger partial charge in [0, 0.05) is 12.1 Å². The zero-order valence-electron chi connectivity index (χ0n) is 19.9. The van der Waals surface area contributed by atoms with Crippen molar-refractivity contribution in [3.63, 3.8) is 0 Å². The lowest BCUT2D eigenvalue weighted by Crippen LogP contribution is -2.11. The van der Waals surface area contributed by atoms with Gasteiger partial charge in [-0.25, -0.2) is 18.0 Å². The van der Waals surface area contributed by atoms with E-state index in [9.17, 15) is 18.0 Å². The normalized spacial score (nSPS) is 11.7. The van der Waals surface area contributed by atoms with E-state index in [0.29, 0.717) is 11.5 Å². The molecule has 6 heteroatoms. The lowest BCUT2D eigenvalue weighted by atomic mass is 9.93. The Balaban J connectivity index is 1.45. The van der Waals surface area contributed by atoms with Crippen LogP contribution in [0.1, 0.15) is 41.3 Å². The Morgan fingerprint density at radius 2 is 1.44 bits per heavy atom. The van der Waals surface area contributed by atoms with Crippen LogP contribution >= 0.6 is 0 Å². The largest absolute Gasteiger partial charge is 0.488 e. The molecule has 184 valence electrons. The molecule has 0 N–H and O–H groups in total. The highest BCUT2D eigenvalue weighted by Crippen LogP contribution is 2.29. The van der Waals surface area contributed by atoms with Crippen molar-refractivity contribution in [1.29, 1.82) is 0 Å². The van der Waals surface area contributed by atoms with E-state index in [2.05, 4.69) is 19.1 Å². The van der Waals surface area contributed by atoms with E-state index in [1.807, 2.05) is 42.5 Å². The van der Waals surface area contributed by atoms with Gasteiger partial charge in [0.2, 0.25) is 0 Å². The van der Waals surface area contributed by atoms with Gasteiger partial charge in [0.1, 0.15) is 11.6 Å². The van der Waals surface area contributed by atoms with Crippen molar-refractivity contribution in [2.75, 3.05) is 6.61 Å². The maximum atomic E-state index is 14.8. The Morgan fingerprint density at radius 3 is 2.06 bits per heavy atom. The van der Waals surface area contributed by atoms with Crippen LogP contribution in [-0.4, -0.2) is 12.6 Å². The highest BCUT2D eigenvalue weighted by atomic mass is 19.1. The summed E-state index contributed by atoms with van der Waals surface area (Å²) in [6.45, 7) is 3.83. The van der Waals surface area contributed by atoms with Crippen molar-refractivity contribution in [3.05, 3.63) is 119 Å². The smallest absolute Gasteiger partial charge is 0.346 e. The number of benzene rings is 4. The van der Waals surface area contributed by atoms with Gasteiger partial charge < -0.3 is 9.47 Å². The number of carbonyl (C=O) groups is 1. The first-order valence-corrected chi connectivity index (χ1v) is 11.6. The van der Waals surface area contributed by atoms with Crippen LogP contribution in [0, 0.1) is 17.5 Å². The predicted octanol–water partition coefficient (Wildman–Crippen LogP) is 7.74. The summed E-state index contributed by atoms with van der Waals surface area (Å²) < 4.78 is 52.7. The molecule has 0 amide bonds. The third-order valence-corrected chi connectivity index (χ3v) is 5.86. The van der Waals surface area contributed by atoms with Gasteiger partial charge in [-0.3, -0.25) is 0 Å². The molecule has 0 spiro atoms. The summed E-state index contributed by atoms with van der Waals surface area (Å²) in [5.41, 5.74) is 3.46. The molecule has 0 radical (unpaired) electrons. The van der Waals surface area contributed by atoms with E-state index in [1.54, 1.807) is 13.0 Å². The molecule has 0 heterocycles. The molecular formula is C30H25F3O3. The number of esters is 1. The highest BCUT2D eigenvalue weighted by Gasteiger charge is 2.19. The standard InChI is InChI=1S/C30H25F3O3/c1-3-35-29-27(32)17-24(18-28(29)33)36-30(34)25-14-13-23(16-26(25)31)22-11-9-20(10-12-22)15-19(2)21-7-5-4-6-8-21/h4-14,16-19H,3,15H2,1-2H3. The quantitative estimate of drug-likeness (QED) is 0.187. The van der Waals surface area contributed by atoms with E-state index in [-0.39, 0.29) is 17.9 Å². The number of hydrogen-bond donors (Lipinski definition) is 0. The SMILES string of the molecule is CCOc1c(F)cc(OC(=O)c2ccc(-c3ccc(CC(C)c4ccccc4)cc3)cc2F)cc1F. The Morgan fingerprint density at radius 1 is 0.806 bits per heavy atom. The molecule has 3 nitrogen and oxygen atoms in total. The van der Waals surface area contributed by atoms with Crippen LogP contribution in [0.4, 0.5) is 13.2 Å². The monoisotopic (exact) mass is 490 g/mol. The minimum absolute atomic E-state index is 0.0695. The molecule has 0 saturated heterocycles.